The van der Waals surface area contributed by atoms with Crippen molar-refractivity contribution in [1.29, 1.82) is 0 Å². The van der Waals surface area contributed by atoms with E-state index in [2.05, 4.69) is 16.9 Å². The number of rotatable bonds is 5. The van der Waals surface area contributed by atoms with Crippen molar-refractivity contribution in [1.82, 2.24) is 19.9 Å². The molecule has 0 spiro atoms. The predicted octanol–water partition coefficient (Wildman–Crippen LogP) is 0.550. The normalized spacial score (nSPS) is 11.3. The van der Waals surface area contributed by atoms with Crippen LogP contribution in [0.4, 0.5) is 0 Å². The van der Waals surface area contributed by atoms with Crippen LogP contribution >= 0.6 is 0 Å². The molecule has 0 radical (unpaired) electrons. The van der Waals surface area contributed by atoms with Crippen molar-refractivity contribution in [2.45, 2.75) is 39.4 Å². The number of nitrogens with zero attached hydrogens (tertiary/aromatic N) is 4. The molecule has 1 aromatic heterocycles. The average Bonchev–Trinajstić information content (AvgIpc) is 2.71. The Morgan fingerprint density at radius 2 is 2.28 bits per heavy atom. The lowest BCUT2D eigenvalue weighted by molar-refractivity contribution is -0.136. The van der Waals surface area contributed by atoms with E-state index >= 15 is 0 Å². The molecule has 2 N–H and O–H groups in total. The van der Waals surface area contributed by atoms with Crippen LogP contribution in [0.1, 0.15) is 26.5 Å². The highest BCUT2D eigenvalue weighted by atomic mass is 16.2. The van der Waals surface area contributed by atoms with Crippen LogP contribution in [-0.2, 0) is 17.9 Å². The minimum Gasteiger partial charge on any atom is -0.333 e. The number of carbonyl (C=O) groups is 1. The summed E-state index contributed by atoms with van der Waals surface area (Å²) in [6.07, 6.45) is 3.41. The first-order valence-corrected chi connectivity index (χ1v) is 5.89. The second-order valence-corrected chi connectivity index (χ2v) is 5.08. The van der Waals surface area contributed by atoms with Crippen molar-refractivity contribution in [3.05, 3.63) is 24.5 Å². The van der Waals surface area contributed by atoms with Gasteiger partial charge in [0.2, 0.25) is 5.91 Å². The third-order valence-corrected chi connectivity index (χ3v) is 2.51. The molecule has 18 heavy (non-hydrogen) atoms. The van der Waals surface area contributed by atoms with Crippen LogP contribution in [-0.4, -0.2) is 37.9 Å². The third-order valence-electron chi connectivity index (χ3n) is 2.51. The number of carbonyl (C=O) groups excluding carboxylic acids is 1. The van der Waals surface area contributed by atoms with Gasteiger partial charge < -0.3 is 10.6 Å². The van der Waals surface area contributed by atoms with Gasteiger partial charge in [-0.2, -0.15) is 0 Å². The minimum absolute atomic E-state index is 0.0177. The Balaban J connectivity index is 2.75. The first kappa shape index (κ1) is 14.4. The summed E-state index contributed by atoms with van der Waals surface area (Å²) in [7, 11) is 0. The fraction of sp³-hybridized carbons (Fsp3) is 0.583. The van der Waals surface area contributed by atoms with E-state index in [1.165, 1.54) is 4.68 Å². The molecule has 0 aliphatic heterocycles. The summed E-state index contributed by atoms with van der Waals surface area (Å²) in [5.41, 5.74) is 5.87. The van der Waals surface area contributed by atoms with E-state index < -0.39 is 0 Å². The number of aromatic nitrogens is 3. The van der Waals surface area contributed by atoms with Crippen LogP contribution in [0, 0.1) is 0 Å². The topological polar surface area (TPSA) is 77.0 Å². The van der Waals surface area contributed by atoms with Gasteiger partial charge in [-0.1, -0.05) is 11.3 Å². The summed E-state index contributed by atoms with van der Waals surface area (Å²) in [6, 6.07) is 0. The maximum Gasteiger partial charge on any atom is 0.245 e. The lowest BCUT2D eigenvalue weighted by atomic mass is 10.1. The van der Waals surface area contributed by atoms with Crippen LogP contribution in [0.5, 0.6) is 0 Å². The van der Waals surface area contributed by atoms with Gasteiger partial charge in [-0.05, 0) is 20.8 Å². The van der Waals surface area contributed by atoms with Crippen molar-refractivity contribution in [3.8, 4) is 0 Å². The first-order valence-electron chi connectivity index (χ1n) is 5.89. The second-order valence-electron chi connectivity index (χ2n) is 5.08. The summed E-state index contributed by atoms with van der Waals surface area (Å²) in [5, 5.41) is 7.72. The quantitative estimate of drug-likeness (QED) is 0.775. The van der Waals surface area contributed by atoms with Crippen LogP contribution in [0.15, 0.2) is 18.9 Å². The van der Waals surface area contributed by atoms with Crippen molar-refractivity contribution in [3.63, 3.8) is 0 Å². The van der Waals surface area contributed by atoms with Crippen LogP contribution in [0.3, 0.4) is 0 Å². The van der Waals surface area contributed by atoms with Gasteiger partial charge in [0.25, 0.3) is 0 Å². The molecule has 1 rings (SSSR count). The van der Waals surface area contributed by atoms with Gasteiger partial charge in [-0.25, -0.2) is 4.68 Å². The summed E-state index contributed by atoms with van der Waals surface area (Å²) >= 11 is 0. The van der Waals surface area contributed by atoms with E-state index in [4.69, 9.17) is 5.73 Å². The van der Waals surface area contributed by atoms with Crippen LogP contribution < -0.4 is 5.73 Å². The Morgan fingerprint density at radius 1 is 1.61 bits per heavy atom. The minimum atomic E-state index is -0.247. The highest BCUT2D eigenvalue weighted by molar-refractivity contribution is 5.76. The summed E-state index contributed by atoms with van der Waals surface area (Å²) in [6.45, 7) is 10.6. The molecular formula is C12H21N5O. The fourth-order valence-corrected chi connectivity index (χ4v) is 1.61. The van der Waals surface area contributed by atoms with Crippen LogP contribution in [0.25, 0.3) is 0 Å². The van der Waals surface area contributed by atoms with Gasteiger partial charge in [-0.3, -0.25) is 4.79 Å². The van der Waals surface area contributed by atoms with Crippen molar-refractivity contribution < 1.29 is 4.79 Å². The molecule has 0 bridgehead atoms. The maximum atomic E-state index is 12.2. The molecule has 0 aromatic carbocycles. The molecule has 0 fully saturated rings. The van der Waals surface area contributed by atoms with E-state index in [1.807, 2.05) is 20.8 Å². The summed E-state index contributed by atoms with van der Waals surface area (Å²) in [5.74, 6) is -0.0177. The highest BCUT2D eigenvalue weighted by Gasteiger charge is 2.25. The van der Waals surface area contributed by atoms with Crippen molar-refractivity contribution in [2.75, 3.05) is 6.54 Å². The Kier molecular flexibility index (Phi) is 4.61. The van der Waals surface area contributed by atoms with E-state index in [1.54, 1.807) is 17.2 Å². The predicted molar refractivity (Wildman–Crippen MR) is 69.6 cm³/mol. The van der Waals surface area contributed by atoms with Gasteiger partial charge in [0, 0.05) is 18.6 Å². The monoisotopic (exact) mass is 251 g/mol. The molecule has 0 saturated carbocycles. The zero-order valence-electron chi connectivity index (χ0n) is 11.3. The highest BCUT2D eigenvalue weighted by Crippen LogP contribution is 2.13. The number of hydrogen-bond acceptors (Lipinski definition) is 4. The van der Waals surface area contributed by atoms with Gasteiger partial charge in [0.15, 0.2) is 0 Å². The molecule has 100 valence electrons. The van der Waals surface area contributed by atoms with Gasteiger partial charge >= 0.3 is 0 Å². The zero-order chi connectivity index (χ0) is 13.8. The molecule has 1 amide bonds. The van der Waals surface area contributed by atoms with Gasteiger partial charge in [0.1, 0.15) is 6.54 Å². The molecular weight excluding hydrogens is 230 g/mol. The molecule has 0 aliphatic carbocycles. The smallest absolute Gasteiger partial charge is 0.245 e. The molecule has 0 saturated heterocycles. The molecule has 0 unspecified atom stereocenters. The Hall–Kier alpha value is -1.69. The molecule has 1 aromatic rings. The molecule has 0 atom stereocenters. The van der Waals surface area contributed by atoms with E-state index in [0.29, 0.717) is 18.8 Å². The maximum absolute atomic E-state index is 12.2. The molecule has 0 aliphatic rings. The molecule has 6 heteroatoms. The van der Waals surface area contributed by atoms with Gasteiger partial charge in [-0.15, -0.1) is 11.7 Å². The fourth-order valence-electron chi connectivity index (χ4n) is 1.61. The SMILES string of the molecule is C=CCN(C(=O)Cn1cc(CN)nn1)C(C)(C)C. The molecule has 1 heterocycles. The Bertz CT molecular complexity index is 418. The van der Waals surface area contributed by atoms with E-state index in [9.17, 15) is 4.79 Å². The van der Waals surface area contributed by atoms with Crippen LogP contribution in [0.2, 0.25) is 0 Å². The van der Waals surface area contributed by atoms with Gasteiger partial charge in [0.05, 0.1) is 11.9 Å². The Labute approximate surface area is 107 Å². The first-order chi connectivity index (χ1) is 8.38. The van der Waals surface area contributed by atoms with Crippen molar-refractivity contribution >= 4 is 5.91 Å². The largest absolute Gasteiger partial charge is 0.333 e. The van der Waals surface area contributed by atoms with E-state index in [0.717, 1.165) is 0 Å². The standard InChI is InChI=1S/C12H21N5O/c1-5-6-17(12(2,3)4)11(18)9-16-8-10(7-13)14-15-16/h5,8H,1,6-7,9,13H2,2-4H3. The molecule has 6 nitrogen and oxygen atoms in total. The summed E-state index contributed by atoms with van der Waals surface area (Å²) in [4.78, 5) is 14.0. The zero-order valence-corrected chi connectivity index (χ0v) is 11.3. The lowest BCUT2D eigenvalue weighted by Gasteiger charge is -2.34. The van der Waals surface area contributed by atoms with E-state index in [-0.39, 0.29) is 18.0 Å². The second kappa shape index (κ2) is 5.77. The number of hydrogen-bond donors (Lipinski definition) is 1. The summed E-state index contributed by atoms with van der Waals surface area (Å²) < 4.78 is 1.51. The number of amides is 1. The number of nitrogens with two attached hydrogens (primary N) is 1. The third kappa shape index (κ3) is 3.66. The Morgan fingerprint density at radius 3 is 2.72 bits per heavy atom. The lowest BCUT2D eigenvalue weighted by Crippen LogP contribution is -2.47. The van der Waals surface area contributed by atoms with Crippen molar-refractivity contribution in [2.24, 2.45) is 5.73 Å². The average molecular weight is 251 g/mol.